The maximum Gasteiger partial charge on any atom is 0.336 e. The van der Waals surface area contributed by atoms with Crippen LogP contribution in [0, 0.1) is 6.92 Å². The molecule has 5 rings (SSSR count). The number of esters is 1. The second-order valence-corrected chi connectivity index (χ2v) is 9.19. The topological polar surface area (TPSA) is 112 Å². The normalized spacial score (nSPS) is 14.6. The zero-order valence-corrected chi connectivity index (χ0v) is 21.2. The van der Waals surface area contributed by atoms with Crippen molar-refractivity contribution in [2.75, 3.05) is 13.7 Å². The molecular weight excluding hydrogens is 488 g/mol. The second kappa shape index (κ2) is 10.0. The molecule has 0 fully saturated rings. The third kappa shape index (κ3) is 4.49. The van der Waals surface area contributed by atoms with Gasteiger partial charge in [-0.1, -0.05) is 30.3 Å². The van der Waals surface area contributed by atoms with Crippen molar-refractivity contribution < 1.29 is 33.3 Å². The van der Waals surface area contributed by atoms with Crippen LogP contribution in [0.2, 0.25) is 0 Å². The van der Waals surface area contributed by atoms with E-state index in [9.17, 15) is 19.5 Å². The van der Waals surface area contributed by atoms with Gasteiger partial charge in [-0.3, -0.25) is 9.59 Å². The molecule has 8 nitrogen and oxygen atoms in total. The number of aromatic hydroxyl groups is 1. The Morgan fingerprint density at radius 2 is 1.84 bits per heavy atom. The second-order valence-electron chi connectivity index (χ2n) is 9.19. The van der Waals surface area contributed by atoms with Crippen molar-refractivity contribution in [2.45, 2.75) is 32.6 Å². The van der Waals surface area contributed by atoms with Crippen LogP contribution in [0.3, 0.4) is 0 Å². The number of carbonyl (C=O) groups is 2. The molecule has 1 aliphatic heterocycles. The molecule has 0 radical (unpaired) electrons. The van der Waals surface area contributed by atoms with Gasteiger partial charge in [0.2, 0.25) is 0 Å². The summed E-state index contributed by atoms with van der Waals surface area (Å²) in [6, 6.07) is 16.2. The van der Waals surface area contributed by atoms with Crippen LogP contribution < -0.4 is 19.8 Å². The van der Waals surface area contributed by atoms with Gasteiger partial charge in [0.05, 0.1) is 25.5 Å². The quantitative estimate of drug-likeness (QED) is 0.157. The van der Waals surface area contributed by atoms with E-state index in [1.54, 1.807) is 20.1 Å². The van der Waals surface area contributed by atoms with Crippen LogP contribution in [0.4, 0.5) is 0 Å². The van der Waals surface area contributed by atoms with E-state index >= 15 is 0 Å². The molecule has 1 aromatic heterocycles. The lowest BCUT2D eigenvalue weighted by Gasteiger charge is -2.28. The molecule has 0 spiro atoms. The molecule has 1 atom stereocenters. The predicted molar refractivity (Wildman–Crippen MR) is 140 cm³/mol. The summed E-state index contributed by atoms with van der Waals surface area (Å²) in [6.45, 7) is 3.30. The molecule has 1 unspecified atom stereocenters. The van der Waals surface area contributed by atoms with E-state index in [0.717, 1.165) is 11.3 Å². The first-order valence-corrected chi connectivity index (χ1v) is 12.2. The summed E-state index contributed by atoms with van der Waals surface area (Å²) in [5.74, 6) is -0.860. The van der Waals surface area contributed by atoms with E-state index in [1.165, 1.54) is 13.0 Å². The molecule has 38 heavy (non-hydrogen) atoms. The van der Waals surface area contributed by atoms with Crippen LogP contribution in [-0.2, 0) is 11.2 Å². The Hall–Kier alpha value is -4.59. The van der Waals surface area contributed by atoms with Crippen LogP contribution in [0.15, 0.2) is 63.8 Å². The van der Waals surface area contributed by atoms with Gasteiger partial charge in [-0.05, 0) is 43.2 Å². The minimum absolute atomic E-state index is 0.0687. The number of methoxy groups -OCH3 is 1. The third-order valence-electron chi connectivity index (χ3n) is 6.74. The number of benzene rings is 3. The van der Waals surface area contributed by atoms with Gasteiger partial charge in [0.15, 0.2) is 11.5 Å². The Morgan fingerprint density at radius 3 is 2.55 bits per heavy atom. The van der Waals surface area contributed by atoms with Gasteiger partial charge in [-0.25, -0.2) is 4.79 Å². The SMILES string of the molecule is COc1ccc(CCOc2ccccc2C2CC(=O)Oc3c(C(C)=O)c(O)c4c(C)cc(=O)oc4c32)cc1. The molecule has 0 amide bonds. The number of ketones is 1. The first kappa shape index (κ1) is 25.1. The summed E-state index contributed by atoms with van der Waals surface area (Å²) in [6.07, 6.45) is 0.571. The lowest BCUT2D eigenvalue weighted by molar-refractivity contribution is -0.135. The van der Waals surface area contributed by atoms with Gasteiger partial charge in [-0.2, -0.15) is 0 Å². The predicted octanol–water partition coefficient (Wildman–Crippen LogP) is 5.08. The Labute approximate surface area is 218 Å². The van der Waals surface area contributed by atoms with Crippen molar-refractivity contribution in [3.05, 3.63) is 92.8 Å². The van der Waals surface area contributed by atoms with E-state index < -0.39 is 23.3 Å². The minimum atomic E-state index is -0.644. The molecule has 3 aromatic carbocycles. The fraction of sp³-hybridized carbons (Fsp3) is 0.233. The number of fused-ring (bicyclic) bond motifs is 3. The van der Waals surface area contributed by atoms with Gasteiger partial charge >= 0.3 is 11.6 Å². The summed E-state index contributed by atoms with van der Waals surface area (Å²) >= 11 is 0. The number of rotatable bonds is 7. The number of Topliss-reactive ketones (excluding diaryl/α,β-unsaturated/α-hetero) is 1. The van der Waals surface area contributed by atoms with Gasteiger partial charge in [0.25, 0.3) is 0 Å². The Bertz CT molecular complexity index is 1610. The van der Waals surface area contributed by atoms with E-state index in [4.69, 9.17) is 18.6 Å². The number of para-hydroxylation sites is 1. The van der Waals surface area contributed by atoms with E-state index in [0.29, 0.717) is 35.5 Å². The Kier molecular flexibility index (Phi) is 6.63. The smallest absolute Gasteiger partial charge is 0.336 e. The minimum Gasteiger partial charge on any atom is -0.506 e. The van der Waals surface area contributed by atoms with Gasteiger partial charge in [-0.15, -0.1) is 0 Å². The monoisotopic (exact) mass is 514 g/mol. The van der Waals surface area contributed by atoms with E-state index in [-0.39, 0.29) is 34.5 Å². The standard InChI is InChI=1S/C30H26O8/c1-16-14-23(32)37-29-25(16)28(34)26(17(2)31)30-27(29)21(15-24(33)38-30)20-6-4-5-7-22(20)36-13-12-18-8-10-19(35-3)11-9-18/h4-11,14,21,34H,12-13,15H2,1-3H3. The Balaban J connectivity index is 1.60. The largest absolute Gasteiger partial charge is 0.506 e. The van der Waals surface area contributed by atoms with Crippen molar-refractivity contribution in [1.82, 2.24) is 0 Å². The van der Waals surface area contributed by atoms with E-state index in [2.05, 4.69) is 0 Å². The number of aryl methyl sites for hydroxylation is 1. The van der Waals surface area contributed by atoms with Crippen molar-refractivity contribution in [1.29, 1.82) is 0 Å². The van der Waals surface area contributed by atoms with Crippen LogP contribution in [0.25, 0.3) is 11.0 Å². The Morgan fingerprint density at radius 1 is 1.11 bits per heavy atom. The zero-order chi connectivity index (χ0) is 27.0. The molecule has 1 N–H and O–H groups in total. The van der Waals surface area contributed by atoms with Crippen LogP contribution in [0.5, 0.6) is 23.0 Å². The summed E-state index contributed by atoms with van der Waals surface area (Å²) in [4.78, 5) is 37.7. The van der Waals surface area contributed by atoms with Crippen molar-refractivity contribution >= 4 is 22.7 Å². The van der Waals surface area contributed by atoms with Gasteiger partial charge < -0.3 is 23.7 Å². The molecular formula is C30H26O8. The summed E-state index contributed by atoms with van der Waals surface area (Å²) in [5.41, 5.74) is 1.88. The van der Waals surface area contributed by atoms with Gasteiger partial charge in [0.1, 0.15) is 28.4 Å². The zero-order valence-electron chi connectivity index (χ0n) is 21.2. The lowest BCUT2D eigenvalue weighted by Crippen LogP contribution is -2.24. The van der Waals surface area contributed by atoms with Crippen molar-refractivity contribution in [2.24, 2.45) is 0 Å². The fourth-order valence-corrected chi connectivity index (χ4v) is 4.97. The molecule has 4 aromatic rings. The molecule has 1 aliphatic rings. The number of hydrogen-bond donors (Lipinski definition) is 1. The highest BCUT2D eigenvalue weighted by molar-refractivity contribution is 6.09. The molecule has 0 saturated carbocycles. The number of ether oxygens (including phenoxy) is 3. The van der Waals surface area contributed by atoms with Crippen LogP contribution in [0.1, 0.15) is 51.9 Å². The highest BCUT2D eigenvalue weighted by atomic mass is 16.5. The van der Waals surface area contributed by atoms with Crippen molar-refractivity contribution in [3.63, 3.8) is 0 Å². The molecule has 0 bridgehead atoms. The molecule has 0 aliphatic carbocycles. The highest BCUT2D eigenvalue weighted by Crippen LogP contribution is 2.50. The van der Waals surface area contributed by atoms with Crippen molar-refractivity contribution in [3.8, 4) is 23.0 Å². The first-order valence-electron chi connectivity index (χ1n) is 12.2. The molecule has 194 valence electrons. The summed E-state index contributed by atoms with van der Waals surface area (Å²) in [7, 11) is 1.62. The number of phenols is 1. The number of carbonyl (C=O) groups excluding carboxylic acids is 2. The number of phenolic OH excluding ortho intramolecular Hbond substituents is 1. The maximum atomic E-state index is 12.8. The number of hydrogen-bond acceptors (Lipinski definition) is 8. The van der Waals surface area contributed by atoms with Crippen LogP contribution >= 0.6 is 0 Å². The summed E-state index contributed by atoms with van der Waals surface area (Å²) < 4.78 is 22.5. The molecule has 8 heteroatoms. The van der Waals surface area contributed by atoms with Gasteiger partial charge in [0, 0.05) is 29.5 Å². The molecule has 2 heterocycles. The van der Waals surface area contributed by atoms with Crippen LogP contribution in [-0.4, -0.2) is 30.6 Å². The summed E-state index contributed by atoms with van der Waals surface area (Å²) in [5, 5.41) is 11.2. The maximum absolute atomic E-state index is 12.8. The van der Waals surface area contributed by atoms with E-state index in [1.807, 2.05) is 42.5 Å². The fourth-order valence-electron chi connectivity index (χ4n) is 4.97. The average Bonchev–Trinajstić information content (AvgIpc) is 2.88. The highest BCUT2D eigenvalue weighted by Gasteiger charge is 2.38. The average molecular weight is 515 g/mol. The molecule has 0 saturated heterocycles. The first-order chi connectivity index (χ1) is 18.3. The lowest BCUT2D eigenvalue weighted by atomic mass is 9.82. The third-order valence-corrected chi connectivity index (χ3v) is 6.74.